The van der Waals surface area contributed by atoms with E-state index < -0.39 is 9.84 Å². The number of sulfone groups is 1. The number of pyridine rings is 1. The summed E-state index contributed by atoms with van der Waals surface area (Å²) in [5, 5.41) is 1.75. The van der Waals surface area contributed by atoms with E-state index in [1.165, 1.54) is 24.2 Å². The molecule has 4 heterocycles. The first-order valence-corrected chi connectivity index (χ1v) is 14.9. The normalized spacial score (nSPS) is 18.6. The van der Waals surface area contributed by atoms with Crippen molar-refractivity contribution in [3.05, 3.63) is 47.9 Å². The van der Waals surface area contributed by atoms with E-state index >= 15 is 0 Å². The van der Waals surface area contributed by atoms with Gasteiger partial charge >= 0.3 is 0 Å². The lowest BCUT2D eigenvalue weighted by Gasteiger charge is -2.24. The van der Waals surface area contributed by atoms with E-state index in [-0.39, 0.29) is 29.4 Å². The number of amides is 1. The number of nitrogens with two attached hydrogens (primary N) is 1. The number of hydrogen-bond acceptors (Lipinski definition) is 9. The van der Waals surface area contributed by atoms with Gasteiger partial charge in [-0.25, -0.2) is 8.42 Å². The van der Waals surface area contributed by atoms with Gasteiger partial charge in [-0.1, -0.05) is 11.8 Å². The fraction of sp³-hybridized carbons (Fsp3) is 0.400. The fourth-order valence-corrected chi connectivity index (χ4v) is 6.09. The lowest BCUT2D eigenvalue weighted by atomic mass is 10.1. The van der Waals surface area contributed by atoms with Gasteiger partial charge in [0.25, 0.3) is 0 Å². The number of carbonyl (C=O) groups excluding carboxylic acids is 1. The predicted octanol–water partition coefficient (Wildman–Crippen LogP) is 3.20. The third-order valence-electron chi connectivity index (χ3n) is 5.95. The molecule has 5 rings (SSSR count). The molecular formula is C25H28N4O6S2. The molecule has 1 aromatic carbocycles. The number of primary amides is 1. The average molecular weight is 545 g/mol. The number of aromatic amines is 1. The van der Waals surface area contributed by atoms with Crippen LogP contribution in [0.2, 0.25) is 0 Å². The summed E-state index contributed by atoms with van der Waals surface area (Å²) >= 11 is 1.54. The number of hydrogen-bond donors (Lipinski definition) is 2. The first-order chi connectivity index (χ1) is 17.7. The molecule has 2 aromatic heterocycles. The van der Waals surface area contributed by atoms with Crippen molar-refractivity contribution in [1.82, 2.24) is 9.97 Å². The maximum atomic E-state index is 11.5. The zero-order valence-electron chi connectivity index (χ0n) is 20.3. The van der Waals surface area contributed by atoms with E-state index in [2.05, 4.69) is 15.0 Å². The summed E-state index contributed by atoms with van der Waals surface area (Å²) in [7, 11) is -3.17. The molecule has 2 aliphatic rings. The summed E-state index contributed by atoms with van der Waals surface area (Å²) in [4.78, 5) is 23.6. The van der Waals surface area contributed by atoms with Gasteiger partial charge in [0.15, 0.2) is 9.84 Å². The molecule has 0 aliphatic carbocycles. The topological polar surface area (TPSA) is 146 Å². The smallest absolute Gasteiger partial charge is 0.218 e. The van der Waals surface area contributed by atoms with Gasteiger partial charge in [0, 0.05) is 42.2 Å². The van der Waals surface area contributed by atoms with Crippen LogP contribution in [0.4, 0.5) is 0 Å². The molecule has 1 saturated heterocycles. The highest BCUT2D eigenvalue weighted by Crippen LogP contribution is 2.37. The van der Waals surface area contributed by atoms with Crippen LogP contribution in [0, 0.1) is 0 Å². The average Bonchev–Trinajstić information content (AvgIpc) is 3.47. The first-order valence-electron chi connectivity index (χ1n) is 11.9. The van der Waals surface area contributed by atoms with Crippen LogP contribution in [-0.2, 0) is 25.1 Å². The molecule has 0 saturated carbocycles. The van der Waals surface area contributed by atoms with Crippen molar-refractivity contribution < 1.29 is 27.4 Å². The van der Waals surface area contributed by atoms with Crippen LogP contribution >= 0.6 is 11.8 Å². The maximum Gasteiger partial charge on any atom is 0.218 e. The van der Waals surface area contributed by atoms with Gasteiger partial charge in [-0.15, -0.1) is 0 Å². The molecule has 1 unspecified atom stereocenters. The fourth-order valence-electron chi connectivity index (χ4n) is 4.28. The second kappa shape index (κ2) is 10.7. The molecule has 0 radical (unpaired) electrons. The molecule has 1 amide bonds. The highest BCUT2D eigenvalue weighted by molar-refractivity contribution is 8.15. The van der Waals surface area contributed by atoms with Gasteiger partial charge in [0.1, 0.15) is 28.4 Å². The molecule has 2 aliphatic heterocycles. The largest absolute Gasteiger partial charge is 0.488 e. The maximum absolute atomic E-state index is 11.5. The molecule has 37 heavy (non-hydrogen) atoms. The van der Waals surface area contributed by atoms with E-state index in [9.17, 15) is 13.2 Å². The van der Waals surface area contributed by atoms with Gasteiger partial charge in [-0.2, -0.15) is 0 Å². The second-order valence-electron chi connectivity index (χ2n) is 9.21. The quantitative estimate of drug-likeness (QED) is 0.418. The number of H-pyrrole nitrogens is 1. The van der Waals surface area contributed by atoms with Crippen molar-refractivity contribution in [3.63, 3.8) is 0 Å². The number of aromatic nitrogens is 2. The summed E-state index contributed by atoms with van der Waals surface area (Å²) in [5.74, 6) is 1.24. The van der Waals surface area contributed by atoms with Crippen LogP contribution in [0.3, 0.4) is 0 Å². The van der Waals surface area contributed by atoms with Crippen LogP contribution in [0.15, 0.2) is 41.5 Å². The highest BCUT2D eigenvalue weighted by atomic mass is 32.2. The second-order valence-corrected chi connectivity index (χ2v) is 12.6. The van der Waals surface area contributed by atoms with Crippen molar-refractivity contribution >= 4 is 43.5 Å². The van der Waals surface area contributed by atoms with Crippen molar-refractivity contribution in [3.8, 4) is 17.2 Å². The Labute approximate surface area is 218 Å². The monoisotopic (exact) mass is 544 g/mol. The molecule has 12 heteroatoms. The minimum Gasteiger partial charge on any atom is -0.488 e. The third-order valence-corrected chi connectivity index (χ3v) is 7.99. The van der Waals surface area contributed by atoms with E-state index in [1.807, 2.05) is 18.2 Å². The number of fused-ring (bicyclic) bond motifs is 1. The summed E-state index contributed by atoms with van der Waals surface area (Å²) in [6.07, 6.45) is 4.58. The molecule has 1 atom stereocenters. The lowest BCUT2D eigenvalue weighted by Crippen LogP contribution is -2.25. The van der Waals surface area contributed by atoms with Gasteiger partial charge in [0.05, 0.1) is 48.6 Å². The Kier molecular flexibility index (Phi) is 7.40. The Balaban J connectivity index is 1.42. The number of ether oxygens (including phenoxy) is 3. The van der Waals surface area contributed by atoms with Gasteiger partial charge in [0.2, 0.25) is 5.91 Å². The van der Waals surface area contributed by atoms with Gasteiger partial charge < -0.3 is 24.9 Å². The van der Waals surface area contributed by atoms with Crippen molar-refractivity contribution in [1.29, 1.82) is 0 Å². The standard InChI is InChI=1S/C25H28N4O6S2/c1-37(31,32)14-16-2-3-18(12-27-16)34-19-8-15-9-21(25-28-13-20(36-25)11-23(26)30)29-24(15)22(10-19)35-17-4-6-33-7-5-17/h2-3,8-10,12,17,20,29H,4-7,11,13-14H2,1H3,(H2,26,30). The summed E-state index contributed by atoms with van der Waals surface area (Å²) < 4.78 is 41.0. The molecule has 0 spiro atoms. The summed E-state index contributed by atoms with van der Waals surface area (Å²) in [6, 6.07) is 9.06. The zero-order chi connectivity index (χ0) is 26.0. The van der Waals surface area contributed by atoms with Crippen LogP contribution in [0.5, 0.6) is 17.2 Å². The van der Waals surface area contributed by atoms with Crippen LogP contribution in [0.1, 0.15) is 30.7 Å². The molecular weight excluding hydrogens is 516 g/mol. The molecule has 1 fully saturated rings. The van der Waals surface area contributed by atoms with Crippen molar-refractivity contribution in [2.24, 2.45) is 10.7 Å². The van der Waals surface area contributed by atoms with E-state index in [0.717, 1.165) is 34.5 Å². The number of benzene rings is 1. The summed E-state index contributed by atoms with van der Waals surface area (Å²) in [5.41, 5.74) is 7.48. The third kappa shape index (κ3) is 6.62. The van der Waals surface area contributed by atoms with E-state index in [4.69, 9.17) is 19.9 Å². The highest BCUT2D eigenvalue weighted by Gasteiger charge is 2.25. The van der Waals surface area contributed by atoms with Crippen LogP contribution in [0.25, 0.3) is 10.9 Å². The predicted molar refractivity (Wildman–Crippen MR) is 142 cm³/mol. The van der Waals surface area contributed by atoms with Crippen molar-refractivity contribution in [2.75, 3.05) is 26.0 Å². The number of rotatable bonds is 9. The molecule has 0 bridgehead atoms. The Morgan fingerprint density at radius 1 is 1.22 bits per heavy atom. The molecule has 196 valence electrons. The zero-order valence-corrected chi connectivity index (χ0v) is 21.9. The molecule has 3 aromatic rings. The number of carbonyl (C=O) groups is 1. The minimum atomic E-state index is -3.17. The minimum absolute atomic E-state index is 0.0223. The van der Waals surface area contributed by atoms with E-state index in [1.54, 1.807) is 12.1 Å². The van der Waals surface area contributed by atoms with Gasteiger partial charge in [-0.3, -0.25) is 14.8 Å². The Hall–Kier alpha value is -3.09. The Morgan fingerprint density at radius 3 is 2.73 bits per heavy atom. The Morgan fingerprint density at radius 2 is 2.03 bits per heavy atom. The summed E-state index contributed by atoms with van der Waals surface area (Å²) in [6.45, 7) is 1.85. The number of thioether (sulfide) groups is 1. The molecule has 10 nitrogen and oxygen atoms in total. The first kappa shape index (κ1) is 25.6. The van der Waals surface area contributed by atoms with E-state index in [0.29, 0.717) is 42.7 Å². The number of aliphatic imine (C=N–C) groups is 1. The van der Waals surface area contributed by atoms with Crippen LogP contribution in [-0.4, -0.2) is 66.7 Å². The molecule has 3 N–H and O–H groups in total. The van der Waals surface area contributed by atoms with Crippen molar-refractivity contribution in [2.45, 2.75) is 36.4 Å². The van der Waals surface area contributed by atoms with Gasteiger partial charge in [-0.05, 0) is 24.3 Å². The lowest BCUT2D eigenvalue weighted by molar-refractivity contribution is -0.117. The van der Waals surface area contributed by atoms with Crippen LogP contribution < -0.4 is 15.2 Å². The number of nitrogens with zero attached hydrogens (tertiary/aromatic N) is 2. The number of nitrogens with one attached hydrogen (secondary N) is 1. The SMILES string of the molecule is CS(=O)(=O)Cc1ccc(Oc2cc(OC3CCOCC3)c3[nH]c(C4=NCC(CC(N)=O)S4)cc3c2)cn1. The Bertz CT molecular complexity index is 1430.